The number of carbonyl (C=O) groups is 1. The first-order chi connectivity index (χ1) is 14.1. The third kappa shape index (κ3) is 4.00. The maximum absolute atomic E-state index is 13.3. The van der Waals surface area contributed by atoms with E-state index in [4.69, 9.17) is 0 Å². The fourth-order valence-electron chi connectivity index (χ4n) is 2.92. The molecule has 0 aliphatic rings. The van der Waals surface area contributed by atoms with Gasteiger partial charge in [0.25, 0.3) is 5.91 Å². The number of nitrogens with zero attached hydrogens (tertiary/aromatic N) is 4. The van der Waals surface area contributed by atoms with Crippen LogP contribution in [0.1, 0.15) is 16.0 Å². The van der Waals surface area contributed by atoms with Gasteiger partial charge in [-0.1, -0.05) is 48.5 Å². The molecular formula is C22H19N5OS. The molecule has 0 unspecified atom stereocenters. The van der Waals surface area contributed by atoms with Crippen LogP contribution in [-0.2, 0) is 4.79 Å². The Labute approximate surface area is 172 Å². The molecule has 0 spiro atoms. The van der Waals surface area contributed by atoms with Crippen LogP contribution in [0.5, 0.6) is 0 Å². The first-order valence-electron chi connectivity index (χ1n) is 9.10. The minimum absolute atomic E-state index is 0.281. The maximum Gasteiger partial charge on any atom is 0.274 e. The van der Waals surface area contributed by atoms with Crippen LogP contribution >= 0.6 is 11.3 Å². The zero-order chi connectivity index (χ0) is 20.2. The van der Waals surface area contributed by atoms with Crippen molar-refractivity contribution in [2.75, 3.05) is 5.32 Å². The highest BCUT2D eigenvalue weighted by molar-refractivity contribution is 7.10. The number of anilines is 1. The van der Waals surface area contributed by atoms with Crippen LogP contribution in [0, 0.1) is 13.8 Å². The van der Waals surface area contributed by atoms with Crippen molar-refractivity contribution in [3.8, 4) is 11.4 Å². The first kappa shape index (κ1) is 18.8. The van der Waals surface area contributed by atoms with Gasteiger partial charge >= 0.3 is 0 Å². The van der Waals surface area contributed by atoms with Crippen molar-refractivity contribution in [2.45, 2.75) is 13.8 Å². The van der Waals surface area contributed by atoms with Gasteiger partial charge in [-0.15, -0.1) is 16.4 Å². The van der Waals surface area contributed by atoms with Crippen molar-refractivity contribution < 1.29 is 4.79 Å². The Kier molecular flexibility index (Phi) is 5.31. The number of rotatable bonds is 5. The Morgan fingerprint density at radius 1 is 1.03 bits per heavy atom. The Balaban J connectivity index is 1.77. The van der Waals surface area contributed by atoms with Crippen LogP contribution < -0.4 is 5.32 Å². The van der Waals surface area contributed by atoms with Crippen molar-refractivity contribution in [1.82, 2.24) is 20.2 Å². The SMILES string of the molecule is Cc1cccc(NC(=O)/C(=C/c2cccs2)n2nnnc2-c2ccccc2)c1C. The van der Waals surface area contributed by atoms with Crippen molar-refractivity contribution in [3.63, 3.8) is 0 Å². The molecule has 2 aromatic heterocycles. The molecule has 2 heterocycles. The number of aromatic nitrogens is 4. The van der Waals surface area contributed by atoms with Gasteiger partial charge in [-0.05, 0) is 59.0 Å². The molecule has 0 radical (unpaired) electrons. The third-order valence-corrected chi connectivity index (χ3v) is 5.46. The van der Waals surface area contributed by atoms with Crippen molar-refractivity contribution in [1.29, 1.82) is 0 Å². The van der Waals surface area contributed by atoms with E-state index >= 15 is 0 Å². The Morgan fingerprint density at radius 3 is 2.62 bits per heavy atom. The summed E-state index contributed by atoms with van der Waals surface area (Å²) in [5.74, 6) is 0.223. The Morgan fingerprint density at radius 2 is 1.86 bits per heavy atom. The standard InChI is InChI=1S/C22H19N5OS/c1-15-8-6-12-19(16(15)2)23-22(28)20(14-18-11-7-13-29-18)27-21(24-25-26-27)17-9-4-3-5-10-17/h3-14H,1-2H3,(H,23,28)/b20-14-. The highest BCUT2D eigenvalue weighted by Crippen LogP contribution is 2.24. The molecule has 4 aromatic rings. The predicted molar refractivity (Wildman–Crippen MR) is 116 cm³/mol. The normalized spacial score (nSPS) is 11.4. The highest BCUT2D eigenvalue weighted by atomic mass is 32.1. The molecule has 0 atom stereocenters. The average molecular weight is 401 g/mol. The summed E-state index contributed by atoms with van der Waals surface area (Å²) in [6, 6.07) is 19.3. The van der Waals surface area contributed by atoms with Gasteiger partial charge in [0.05, 0.1) is 0 Å². The van der Waals surface area contributed by atoms with Crippen molar-refractivity contribution in [3.05, 3.63) is 82.0 Å². The van der Waals surface area contributed by atoms with Gasteiger partial charge in [0.15, 0.2) is 5.82 Å². The lowest BCUT2D eigenvalue weighted by Crippen LogP contribution is -2.20. The molecule has 1 amide bonds. The summed E-state index contributed by atoms with van der Waals surface area (Å²) in [5.41, 5.74) is 4.07. The van der Waals surface area contributed by atoms with Crippen molar-refractivity contribution in [2.24, 2.45) is 0 Å². The van der Waals surface area contributed by atoms with Gasteiger partial charge in [0, 0.05) is 16.1 Å². The lowest BCUT2D eigenvalue weighted by molar-refractivity contribution is -0.111. The first-order valence-corrected chi connectivity index (χ1v) is 9.98. The van der Waals surface area contributed by atoms with E-state index in [1.807, 2.05) is 79.9 Å². The molecule has 0 saturated heterocycles. The molecule has 2 aromatic carbocycles. The van der Waals surface area contributed by atoms with E-state index in [0.29, 0.717) is 11.5 Å². The molecule has 144 valence electrons. The molecule has 0 bridgehead atoms. The molecule has 1 N–H and O–H groups in total. The van der Waals surface area contributed by atoms with Gasteiger partial charge < -0.3 is 5.32 Å². The summed E-state index contributed by atoms with van der Waals surface area (Å²) in [6.45, 7) is 4.00. The maximum atomic E-state index is 13.3. The summed E-state index contributed by atoms with van der Waals surface area (Å²) < 4.78 is 1.48. The van der Waals surface area contributed by atoms with E-state index < -0.39 is 0 Å². The monoisotopic (exact) mass is 401 g/mol. The van der Waals surface area contributed by atoms with E-state index in [1.165, 1.54) is 4.68 Å². The number of benzene rings is 2. The minimum atomic E-state index is -0.281. The zero-order valence-electron chi connectivity index (χ0n) is 16.0. The highest BCUT2D eigenvalue weighted by Gasteiger charge is 2.20. The summed E-state index contributed by atoms with van der Waals surface area (Å²) >= 11 is 1.54. The molecule has 0 aliphatic heterocycles. The van der Waals surface area contributed by atoms with Crippen LogP contribution in [-0.4, -0.2) is 26.1 Å². The number of tetrazole rings is 1. The van der Waals surface area contributed by atoms with Crippen LogP contribution in [0.3, 0.4) is 0 Å². The Bertz CT molecular complexity index is 1160. The second-order valence-electron chi connectivity index (χ2n) is 6.53. The smallest absolute Gasteiger partial charge is 0.274 e. The summed E-state index contributed by atoms with van der Waals surface area (Å²) in [7, 11) is 0. The molecule has 0 aliphatic carbocycles. The number of hydrogen-bond donors (Lipinski definition) is 1. The summed E-state index contributed by atoms with van der Waals surface area (Å²) in [5, 5.41) is 17.0. The van der Waals surface area contributed by atoms with E-state index in [9.17, 15) is 4.79 Å². The van der Waals surface area contributed by atoms with Crippen LogP contribution in [0.25, 0.3) is 23.2 Å². The van der Waals surface area contributed by atoms with Gasteiger partial charge in [-0.25, -0.2) is 0 Å². The quantitative estimate of drug-likeness (QED) is 0.494. The minimum Gasteiger partial charge on any atom is -0.320 e. The summed E-state index contributed by atoms with van der Waals surface area (Å²) in [6.07, 6.45) is 1.80. The number of carbonyl (C=O) groups excluding carboxylic acids is 1. The van der Waals surface area contributed by atoms with Gasteiger partial charge in [-0.2, -0.15) is 4.68 Å². The van der Waals surface area contributed by atoms with Crippen LogP contribution in [0.15, 0.2) is 66.0 Å². The van der Waals surface area contributed by atoms with Gasteiger partial charge in [0.2, 0.25) is 0 Å². The van der Waals surface area contributed by atoms with E-state index in [1.54, 1.807) is 17.4 Å². The molecular weight excluding hydrogens is 382 g/mol. The van der Waals surface area contributed by atoms with Gasteiger partial charge in [-0.3, -0.25) is 4.79 Å². The number of thiophene rings is 1. The lowest BCUT2D eigenvalue weighted by atomic mass is 10.1. The van der Waals surface area contributed by atoms with Crippen LogP contribution in [0.2, 0.25) is 0 Å². The third-order valence-electron chi connectivity index (χ3n) is 4.64. The number of amides is 1. The molecule has 29 heavy (non-hydrogen) atoms. The second-order valence-corrected chi connectivity index (χ2v) is 7.51. The number of hydrogen-bond acceptors (Lipinski definition) is 5. The van der Waals surface area contributed by atoms with E-state index in [-0.39, 0.29) is 5.91 Å². The summed E-state index contributed by atoms with van der Waals surface area (Å²) in [4.78, 5) is 14.2. The fourth-order valence-corrected chi connectivity index (χ4v) is 3.57. The predicted octanol–water partition coefficient (Wildman–Crippen LogP) is 4.66. The van der Waals surface area contributed by atoms with Gasteiger partial charge in [0.1, 0.15) is 5.70 Å². The average Bonchev–Trinajstić information content (AvgIpc) is 3.42. The molecule has 6 nitrogen and oxygen atoms in total. The fraction of sp³-hybridized carbons (Fsp3) is 0.0909. The molecule has 0 saturated carbocycles. The number of aryl methyl sites for hydroxylation is 1. The molecule has 0 fully saturated rings. The van der Waals surface area contributed by atoms with E-state index in [0.717, 1.165) is 27.3 Å². The lowest BCUT2D eigenvalue weighted by Gasteiger charge is -2.13. The Hall–Kier alpha value is -3.58. The topological polar surface area (TPSA) is 72.7 Å². The second kappa shape index (κ2) is 8.20. The van der Waals surface area contributed by atoms with E-state index in [2.05, 4.69) is 20.8 Å². The largest absolute Gasteiger partial charge is 0.320 e. The zero-order valence-corrected chi connectivity index (χ0v) is 16.9. The number of nitrogens with one attached hydrogen (secondary N) is 1. The van der Waals surface area contributed by atoms with Crippen molar-refractivity contribution >= 4 is 34.7 Å². The molecule has 7 heteroatoms. The molecule has 4 rings (SSSR count). The van der Waals surface area contributed by atoms with Crippen LogP contribution in [0.4, 0.5) is 5.69 Å².